The van der Waals surface area contributed by atoms with E-state index in [1.165, 1.54) is 55.6 Å². The predicted octanol–water partition coefficient (Wildman–Crippen LogP) is 16.1. The summed E-state index contributed by atoms with van der Waals surface area (Å²) >= 11 is 13.5. The second kappa shape index (κ2) is 26.4. The molecule has 11 rings (SSSR count). The van der Waals surface area contributed by atoms with E-state index in [2.05, 4.69) is 278 Å². The van der Waals surface area contributed by atoms with Crippen molar-refractivity contribution in [2.75, 3.05) is 26.4 Å². The summed E-state index contributed by atoms with van der Waals surface area (Å²) in [6.07, 6.45) is 8.59. The van der Waals surface area contributed by atoms with E-state index in [9.17, 15) is 0 Å². The molecule has 400 valence electrons. The van der Waals surface area contributed by atoms with Gasteiger partial charge in [0.1, 0.15) is 24.7 Å². The van der Waals surface area contributed by atoms with Gasteiger partial charge >= 0.3 is 0 Å². The molecule has 0 saturated carbocycles. The van der Waals surface area contributed by atoms with Crippen LogP contribution in [0.5, 0.6) is 11.5 Å². The molecule has 0 spiro atoms. The Balaban J connectivity index is 0.843. The highest BCUT2D eigenvalue weighted by atomic mass is 32.1. The fraction of sp³-hybridized carbons (Fsp3) is 0.123. The van der Waals surface area contributed by atoms with Gasteiger partial charge in [0.15, 0.2) is 31.3 Å². The van der Waals surface area contributed by atoms with Gasteiger partial charge in [-0.1, -0.05) is 176 Å². The number of benzene rings is 9. The molecular weight excluding hydrogens is 1050 g/mol. The maximum atomic E-state index is 5.93. The summed E-state index contributed by atoms with van der Waals surface area (Å²) in [5.41, 5.74) is 19.1. The van der Waals surface area contributed by atoms with Crippen LogP contribution in [0.25, 0.3) is 50.2 Å². The Morgan fingerprint density at radius 2 is 0.617 bits per heavy atom. The summed E-state index contributed by atoms with van der Waals surface area (Å²) in [5.74, 6) is 3.79. The van der Waals surface area contributed by atoms with Gasteiger partial charge in [0, 0.05) is 59.2 Å². The van der Waals surface area contributed by atoms with Crippen LogP contribution in [-0.4, -0.2) is 26.4 Å². The molecule has 8 heteroatoms. The Morgan fingerprint density at radius 3 is 1.00 bits per heavy atom. The first-order chi connectivity index (χ1) is 39.9. The molecule has 0 saturated heterocycles. The number of pyridine rings is 2. The van der Waals surface area contributed by atoms with Crippen LogP contribution in [0.1, 0.15) is 44.5 Å². The molecule has 5 nitrogen and oxygen atoms in total. The van der Waals surface area contributed by atoms with Gasteiger partial charge in [-0.3, -0.25) is 0 Å². The third kappa shape index (κ3) is 13.1. The van der Waals surface area contributed by atoms with Crippen LogP contribution in [0.2, 0.25) is 0 Å². The second-order valence-electron chi connectivity index (χ2n) is 20.1. The standard InChI is InChI=1S/C73H62N2O3S3/c79-51-55-6-14-58(15-7-55)61-20-26-66(27-21-61)73(67-28-22-62(23-29-67)59-16-8-56(52-80)9-17-59,68-30-24-63(25-31-68)60-18-10-57(53-81)11-19-60)69-32-34-70(35-33-69)75-44-40-65(41-45-75)64-38-42-74(43-39-64)50-54-12-36-72(37-13-54)78-49-47-76-46-48-77-71-4-2-1-3-5-71/h1-45H,46-53H2,(H-2,79,80,81)/p+2. The summed E-state index contributed by atoms with van der Waals surface area (Å²) in [6.45, 7) is 2.74. The van der Waals surface area contributed by atoms with Gasteiger partial charge in [-0.15, -0.1) is 0 Å². The van der Waals surface area contributed by atoms with Crippen LogP contribution < -0.4 is 18.6 Å². The van der Waals surface area contributed by atoms with Crippen molar-refractivity contribution in [3.63, 3.8) is 0 Å². The van der Waals surface area contributed by atoms with E-state index in [1.54, 1.807) is 0 Å². The lowest BCUT2D eigenvalue weighted by Crippen LogP contribution is -2.33. The number of rotatable bonds is 22. The van der Waals surface area contributed by atoms with E-state index in [0.29, 0.717) is 43.7 Å². The first-order valence-electron chi connectivity index (χ1n) is 27.5. The number of hydrogen-bond donors (Lipinski definition) is 3. The van der Waals surface area contributed by atoms with Crippen LogP contribution in [0.4, 0.5) is 0 Å². The Hall–Kier alpha value is -8.11. The van der Waals surface area contributed by atoms with Gasteiger partial charge in [0.25, 0.3) is 0 Å². The van der Waals surface area contributed by atoms with Crippen molar-refractivity contribution >= 4 is 37.9 Å². The molecule has 11 aromatic rings. The molecule has 0 N–H and O–H groups in total. The van der Waals surface area contributed by atoms with Crippen molar-refractivity contribution in [1.82, 2.24) is 0 Å². The van der Waals surface area contributed by atoms with E-state index < -0.39 is 5.41 Å². The van der Waals surface area contributed by atoms with Crippen molar-refractivity contribution in [3.8, 4) is 61.7 Å². The normalized spacial score (nSPS) is 11.3. The topological polar surface area (TPSA) is 35.5 Å². The minimum atomic E-state index is -0.693. The third-order valence-corrected chi connectivity index (χ3v) is 16.1. The molecule has 0 atom stereocenters. The van der Waals surface area contributed by atoms with Crippen LogP contribution in [0.15, 0.2) is 274 Å². The molecule has 2 aromatic heterocycles. The number of para-hydroxylation sites is 1. The lowest BCUT2D eigenvalue weighted by Gasteiger charge is -2.37. The van der Waals surface area contributed by atoms with Gasteiger partial charge in [0.05, 0.1) is 18.6 Å². The zero-order valence-corrected chi connectivity index (χ0v) is 47.8. The molecule has 81 heavy (non-hydrogen) atoms. The lowest BCUT2D eigenvalue weighted by atomic mass is 9.64. The quantitative estimate of drug-likeness (QED) is 0.0274. The fourth-order valence-electron chi connectivity index (χ4n) is 10.5. The van der Waals surface area contributed by atoms with Crippen molar-refractivity contribution in [3.05, 3.63) is 318 Å². The summed E-state index contributed by atoms with van der Waals surface area (Å²) in [4.78, 5) is 0. The summed E-state index contributed by atoms with van der Waals surface area (Å²) in [7, 11) is 0. The van der Waals surface area contributed by atoms with E-state index in [0.717, 1.165) is 57.1 Å². The highest BCUT2D eigenvalue weighted by molar-refractivity contribution is 7.79. The molecule has 0 aliphatic carbocycles. The zero-order valence-electron chi connectivity index (χ0n) is 45.1. The minimum absolute atomic E-state index is 0.478. The highest BCUT2D eigenvalue weighted by Gasteiger charge is 2.39. The number of aromatic nitrogens is 2. The highest BCUT2D eigenvalue weighted by Crippen LogP contribution is 2.47. The predicted molar refractivity (Wildman–Crippen MR) is 340 cm³/mol. The Bertz CT molecular complexity index is 3510. The molecule has 0 amide bonds. The van der Waals surface area contributed by atoms with Gasteiger partial charge in [-0.25, -0.2) is 4.57 Å². The SMILES string of the molecule is SCc1ccc(-c2ccc(C(c3ccc(-c4ccc(CS)cc4)cc3)(c3ccc(-c4ccc(CS)cc4)cc3)c3ccc(-[n+]4ccc(-c5cc[n+](Cc6ccc(OCCOCCOc7ccccc7)cc6)cc5)cc4)cc3)cc2)cc1. The molecule has 0 aliphatic rings. The van der Waals surface area contributed by atoms with Crippen molar-refractivity contribution in [2.45, 2.75) is 29.2 Å². The molecule has 2 heterocycles. The lowest BCUT2D eigenvalue weighted by molar-refractivity contribution is -0.688. The summed E-state index contributed by atoms with van der Waals surface area (Å²) < 4.78 is 21.7. The maximum Gasteiger partial charge on any atom is 0.210 e. The molecule has 0 bridgehead atoms. The second-order valence-corrected chi connectivity index (χ2v) is 21.1. The minimum Gasteiger partial charge on any atom is -0.491 e. The van der Waals surface area contributed by atoms with Gasteiger partial charge in [0.2, 0.25) is 5.69 Å². The average molecular weight is 1110 g/mol. The summed E-state index contributed by atoms with van der Waals surface area (Å²) in [5, 5.41) is 0. The van der Waals surface area contributed by atoms with Crippen molar-refractivity contribution in [1.29, 1.82) is 0 Å². The fourth-order valence-corrected chi connectivity index (χ4v) is 11.2. The average Bonchev–Trinajstić information content (AvgIpc) is 3.63. The molecule has 9 aromatic carbocycles. The monoisotopic (exact) mass is 1110 g/mol. The van der Waals surface area contributed by atoms with E-state index in [-0.39, 0.29) is 0 Å². The third-order valence-electron chi connectivity index (χ3n) is 15.0. The van der Waals surface area contributed by atoms with Crippen LogP contribution in [0, 0.1) is 0 Å². The van der Waals surface area contributed by atoms with E-state index in [4.69, 9.17) is 14.2 Å². The zero-order chi connectivity index (χ0) is 55.2. The van der Waals surface area contributed by atoms with Gasteiger partial charge in [-0.05, 0) is 120 Å². The Kier molecular flexibility index (Phi) is 17.9. The molecule has 0 radical (unpaired) electrons. The van der Waals surface area contributed by atoms with Crippen LogP contribution >= 0.6 is 37.9 Å². The molecule has 0 unspecified atom stereocenters. The Labute approximate surface area is 493 Å². The van der Waals surface area contributed by atoms with Crippen molar-refractivity contribution in [2.24, 2.45) is 0 Å². The largest absolute Gasteiger partial charge is 0.491 e. The first kappa shape index (κ1) is 54.8. The maximum absolute atomic E-state index is 5.93. The molecule has 0 aliphatic heterocycles. The van der Waals surface area contributed by atoms with Gasteiger partial charge < -0.3 is 14.2 Å². The molecular formula is C73H64N2O3S3+2. The first-order valence-corrected chi connectivity index (χ1v) is 29.4. The van der Waals surface area contributed by atoms with Crippen LogP contribution in [-0.2, 0) is 34.0 Å². The van der Waals surface area contributed by atoms with E-state index >= 15 is 0 Å². The number of nitrogens with zero attached hydrogens (tertiary/aromatic N) is 2. The number of ether oxygens (including phenoxy) is 3. The number of thiol groups is 3. The van der Waals surface area contributed by atoms with Gasteiger partial charge in [-0.2, -0.15) is 42.5 Å². The Morgan fingerprint density at radius 1 is 0.296 bits per heavy atom. The smallest absolute Gasteiger partial charge is 0.210 e. The number of hydrogen-bond acceptors (Lipinski definition) is 6. The van der Waals surface area contributed by atoms with Crippen LogP contribution in [0.3, 0.4) is 0 Å². The molecule has 0 fully saturated rings. The summed E-state index contributed by atoms with van der Waals surface area (Å²) in [6, 6.07) is 89.6. The van der Waals surface area contributed by atoms with Crippen molar-refractivity contribution < 1.29 is 23.3 Å². The van der Waals surface area contributed by atoms with E-state index in [1.807, 2.05) is 42.5 Å².